The molecular weight excluding hydrogens is 384 g/mol. The zero-order chi connectivity index (χ0) is 22.8. The molecule has 0 fully saturated rings. The highest BCUT2D eigenvalue weighted by Gasteiger charge is 2.17. The van der Waals surface area contributed by atoms with Gasteiger partial charge in [0.25, 0.3) is 0 Å². The SMILES string of the molecule is CCOC(C)Oc1ccc(C(C)CC(C)CCC(CC(C)C)c2ccc(O)cc2)cc1. The van der Waals surface area contributed by atoms with Gasteiger partial charge in [-0.3, -0.25) is 0 Å². The van der Waals surface area contributed by atoms with E-state index in [-0.39, 0.29) is 6.29 Å². The highest BCUT2D eigenvalue weighted by atomic mass is 16.7. The van der Waals surface area contributed by atoms with Crippen molar-refractivity contribution in [1.29, 1.82) is 0 Å². The average molecular weight is 427 g/mol. The van der Waals surface area contributed by atoms with E-state index in [1.165, 1.54) is 36.8 Å². The largest absolute Gasteiger partial charge is 0.508 e. The first kappa shape index (κ1) is 25.3. The van der Waals surface area contributed by atoms with Gasteiger partial charge in [-0.05, 0) is 92.2 Å². The van der Waals surface area contributed by atoms with E-state index < -0.39 is 0 Å². The van der Waals surface area contributed by atoms with E-state index in [2.05, 4.69) is 64.1 Å². The lowest BCUT2D eigenvalue weighted by molar-refractivity contribution is -0.0613. The molecule has 4 atom stereocenters. The van der Waals surface area contributed by atoms with Crippen molar-refractivity contribution in [3.05, 3.63) is 59.7 Å². The van der Waals surface area contributed by atoms with Gasteiger partial charge in [-0.2, -0.15) is 0 Å². The zero-order valence-electron chi connectivity index (χ0n) is 20.3. The van der Waals surface area contributed by atoms with Gasteiger partial charge in [-0.1, -0.05) is 58.4 Å². The van der Waals surface area contributed by atoms with Crippen molar-refractivity contribution in [2.45, 2.75) is 85.4 Å². The Hall–Kier alpha value is -2.00. The van der Waals surface area contributed by atoms with Crippen LogP contribution in [0, 0.1) is 11.8 Å². The summed E-state index contributed by atoms with van der Waals surface area (Å²) in [5, 5.41) is 9.62. The number of hydrogen-bond donors (Lipinski definition) is 1. The summed E-state index contributed by atoms with van der Waals surface area (Å²) < 4.78 is 11.2. The summed E-state index contributed by atoms with van der Waals surface area (Å²) >= 11 is 0. The minimum atomic E-state index is -0.222. The van der Waals surface area contributed by atoms with Crippen LogP contribution in [0.25, 0.3) is 0 Å². The average Bonchev–Trinajstić information content (AvgIpc) is 2.72. The van der Waals surface area contributed by atoms with Crippen LogP contribution in [-0.2, 0) is 4.74 Å². The maximum Gasteiger partial charge on any atom is 0.196 e. The van der Waals surface area contributed by atoms with Gasteiger partial charge in [0.15, 0.2) is 6.29 Å². The van der Waals surface area contributed by atoms with Crippen LogP contribution in [0.5, 0.6) is 11.5 Å². The van der Waals surface area contributed by atoms with Gasteiger partial charge in [-0.25, -0.2) is 0 Å². The van der Waals surface area contributed by atoms with Crippen LogP contribution in [0.4, 0.5) is 0 Å². The smallest absolute Gasteiger partial charge is 0.196 e. The second kappa shape index (κ2) is 12.8. The van der Waals surface area contributed by atoms with E-state index in [0.29, 0.717) is 36.0 Å². The van der Waals surface area contributed by atoms with Crippen molar-refractivity contribution >= 4 is 0 Å². The lowest BCUT2D eigenvalue weighted by atomic mass is 9.82. The molecule has 0 saturated heterocycles. The molecule has 0 heterocycles. The van der Waals surface area contributed by atoms with Gasteiger partial charge in [0.05, 0.1) is 0 Å². The molecule has 31 heavy (non-hydrogen) atoms. The Morgan fingerprint density at radius 1 is 0.774 bits per heavy atom. The molecule has 3 heteroatoms. The fourth-order valence-corrected chi connectivity index (χ4v) is 4.41. The summed E-state index contributed by atoms with van der Waals surface area (Å²) in [6.45, 7) is 13.8. The standard InChI is InChI=1S/C28H42O3/c1-7-30-23(6)31-28-16-12-24(13-17-28)22(5)19-21(4)8-9-26(18-20(2)3)25-10-14-27(29)15-11-25/h10-17,20-23,26,29H,7-9,18-19H2,1-6H3. The predicted octanol–water partition coefficient (Wildman–Crippen LogP) is 7.89. The third-order valence-corrected chi connectivity index (χ3v) is 6.04. The number of phenolic OH excluding ortho intramolecular Hbond substituents is 1. The summed E-state index contributed by atoms with van der Waals surface area (Å²) in [6.07, 6.45) is 4.56. The van der Waals surface area contributed by atoms with E-state index in [9.17, 15) is 5.11 Å². The van der Waals surface area contributed by atoms with Crippen LogP contribution in [0.3, 0.4) is 0 Å². The molecule has 0 bridgehead atoms. The summed E-state index contributed by atoms with van der Waals surface area (Å²) in [4.78, 5) is 0. The van der Waals surface area contributed by atoms with Gasteiger partial charge in [-0.15, -0.1) is 0 Å². The summed E-state index contributed by atoms with van der Waals surface area (Å²) in [6, 6.07) is 16.3. The number of aromatic hydroxyl groups is 1. The number of benzene rings is 2. The van der Waals surface area contributed by atoms with Crippen LogP contribution < -0.4 is 4.74 Å². The van der Waals surface area contributed by atoms with Crippen LogP contribution in [0.1, 0.15) is 90.2 Å². The molecule has 1 N–H and O–H groups in total. The van der Waals surface area contributed by atoms with Gasteiger partial charge in [0.1, 0.15) is 11.5 Å². The quantitative estimate of drug-likeness (QED) is 0.331. The molecule has 0 saturated carbocycles. The predicted molar refractivity (Wildman–Crippen MR) is 130 cm³/mol. The Kier molecular flexibility index (Phi) is 10.4. The molecule has 2 rings (SSSR count). The molecule has 3 nitrogen and oxygen atoms in total. The van der Waals surface area contributed by atoms with Crippen LogP contribution in [-0.4, -0.2) is 18.0 Å². The first-order valence-corrected chi connectivity index (χ1v) is 12.0. The summed E-state index contributed by atoms with van der Waals surface area (Å²) in [5.41, 5.74) is 2.71. The molecule has 0 amide bonds. The minimum absolute atomic E-state index is 0.222. The summed E-state index contributed by atoms with van der Waals surface area (Å²) in [7, 11) is 0. The Labute approximate surface area is 189 Å². The molecule has 0 radical (unpaired) electrons. The van der Waals surface area contributed by atoms with E-state index in [1.807, 2.05) is 26.0 Å². The fourth-order valence-electron chi connectivity index (χ4n) is 4.41. The number of hydrogen-bond acceptors (Lipinski definition) is 3. The first-order valence-electron chi connectivity index (χ1n) is 12.0. The molecule has 2 aromatic carbocycles. The Morgan fingerprint density at radius 3 is 1.97 bits per heavy atom. The normalized spacial score (nSPS) is 15.5. The van der Waals surface area contributed by atoms with Crippen LogP contribution in [0.15, 0.2) is 48.5 Å². The molecule has 0 spiro atoms. The lowest BCUT2D eigenvalue weighted by Crippen LogP contribution is -2.15. The van der Waals surface area contributed by atoms with Crippen molar-refractivity contribution in [3.8, 4) is 11.5 Å². The second-order valence-electron chi connectivity index (χ2n) is 9.45. The van der Waals surface area contributed by atoms with E-state index in [0.717, 1.165) is 5.75 Å². The molecule has 172 valence electrons. The third-order valence-electron chi connectivity index (χ3n) is 6.04. The minimum Gasteiger partial charge on any atom is -0.508 e. The zero-order valence-corrected chi connectivity index (χ0v) is 20.3. The van der Waals surface area contributed by atoms with Crippen LogP contribution in [0.2, 0.25) is 0 Å². The van der Waals surface area contributed by atoms with Gasteiger partial charge >= 0.3 is 0 Å². The molecule has 0 aliphatic rings. The Morgan fingerprint density at radius 2 is 1.39 bits per heavy atom. The molecule has 0 aliphatic carbocycles. The molecule has 0 aliphatic heterocycles. The monoisotopic (exact) mass is 426 g/mol. The van der Waals surface area contributed by atoms with Gasteiger partial charge in [0, 0.05) is 6.61 Å². The van der Waals surface area contributed by atoms with E-state index >= 15 is 0 Å². The molecule has 0 aromatic heterocycles. The summed E-state index contributed by atoms with van der Waals surface area (Å²) in [5.74, 6) is 3.61. The molecule has 4 unspecified atom stereocenters. The van der Waals surface area contributed by atoms with Crippen molar-refractivity contribution < 1.29 is 14.6 Å². The molecule has 2 aromatic rings. The first-order chi connectivity index (χ1) is 14.8. The maximum absolute atomic E-state index is 9.62. The number of phenols is 1. The number of rotatable bonds is 13. The van der Waals surface area contributed by atoms with Crippen LogP contribution >= 0.6 is 0 Å². The molecular formula is C28H42O3. The van der Waals surface area contributed by atoms with Crippen molar-refractivity contribution in [2.75, 3.05) is 6.61 Å². The third kappa shape index (κ3) is 8.95. The van der Waals surface area contributed by atoms with E-state index in [4.69, 9.17) is 9.47 Å². The Balaban J connectivity index is 1.88. The lowest BCUT2D eigenvalue weighted by Gasteiger charge is -2.23. The van der Waals surface area contributed by atoms with E-state index in [1.54, 1.807) is 0 Å². The topological polar surface area (TPSA) is 38.7 Å². The van der Waals surface area contributed by atoms with Gasteiger partial charge in [0.2, 0.25) is 0 Å². The second-order valence-corrected chi connectivity index (χ2v) is 9.45. The van der Waals surface area contributed by atoms with Crippen molar-refractivity contribution in [1.82, 2.24) is 0 Å². The van der Waals surface area contributed by atoms with Crippen molar-refractivity contribution in [3.63, 3.8) is 0 Å². The Bertz CT molecular complexity index is 736. The number of ether oxygens (including phenoxy) is 2. The van der Waals surface area contributed by atoms with Crippen molar-refractivity contribution in [2.24, 2.45) is 11.8 Å². The highest BCUT2D eigenvalue weighted by Crippen LogP contribution is 2.33. The fraction of sp³-hybridized carbons (Fsp3) is 0.571. The highest BCUT2D eigenvalue weighted by molar-refractivity contribution is 5.30. The van der Waals surface area contributed by atoms with Gasteiger partial charge < -0.3 is 14.6 Å². The maximum atomic E-state index is 9.62.